The van der Waals surface area contributed by atoms with Gasteiger partial charge in [-0.25, -0.2) is 8.78 Å². The number of nitrogens with zero attached hydrogens (tertiary/aromatic N) is 1. The second-order valence-electron chi connectivity index (χ2n) is 7.90. The largest absolute Gasteiger partial charge is 0.497 e. The van der Waals surface area contributed by atoms with Gasteiger partial charge in [0.15, 0.2) is 0 Å². The molecule has 5 nitrogen and oxygen atoms in total. The van der Waals surface area contributed by atoms with Gasteiger partial charge >= 0.3 is 0 Å². The summed E-state index contributed by atoms with van der Waals surface area (Å²) in [5.41, 5.74) is 2.90. The average molecular weight is 488 g/mol. The van der Waals surface area contributed by atoms with Gasteiger partial charge in [0.25, 0.3) is 0 Å². The van der Waals surface area contributed by atoms with Crippen LogP contribution in [0.15, 0.2) is 60.9 Å². The average Bonchev–Trinajstić information content (AvgIpc) is 2.83. The first-order valence-corrected chi connectivity index (χ1v) is 12.0. The summed E-state index contributed by atoms with van der Waals surface area (Å²) >= 11 is 0. The van der Waals surface area contributed by atoms with E-state index >= 15 is 0 Å². The number of ether oxygens (including phenoxy) is 1. The molecule has 192 valence electrons. The van der Waals surface area contributed by atoms with Gasteiger partial charge in [-0.05, 0) is 61.3 Å². The highest BCUT2D eigenvalue weighted by molar-refractivity contribution is 5.83. The van der Waals surface area contributed by atoms with Crippen LogP contribution in [-0.2, 0) is 0 Å². The second kappa shape index (κ2) is 16.6. The van der Waals surface area contributed by atoms with Crippen molar-refractivity contribution in [2.24, 2.45) is 0 Å². The van der Waals surface area contributed by atoms with E-state index < -0.39 is 17.7 Å². The summed E-state index contributed by atoms with van der Waals surface area (Å²) in [6.45, 7) is 13.7. The van der Waals surface area contributed by atoms with E-state index in [1.54, 1.807) is 13.3 Å². The van der Waals surface area contributed by atoms with E-state index in [2.05, 4.69) is 36.0 Å². The third kappa shape index (κ3) is 10.8. The topological polar surface area (TPSA) is 66.4 Å². The Kier molecular flexibility index (Phi) is 14.2. The molecule has 0 bridgehead atoms. The van der Waals surface area contributed by atoms with Crippen molar-refractivity contribution in [3.8, 4) is 5.75 Å². The number of hydrogen-bond acceptors (Lipinski definition) is 5. The molecular weight excluding hydrogens is 448 g/mol. The minimum atomic E-state index is -0.595. The van der Waals surface area contributed by atoms with E-state index in [-0.39, 0.29) is 0 Å². The normalized spacial score (nSPS) is 11.0. The molecule has 0 aliphatic heterocycles. The van der Waals surface area contributed by atoms with Gasteiger partial charge in [0.2, 0.25) is 0 Å². The molecule has 0 radical (unpaired) electrons. The molecule has 3 N–H and O–H groups in total. The number of aliphatic hydroxyl groups excluding tert-OH is 1. The van der Waals surface area contributed by atoms with E-state index in [0.29, 0.717) is 18.5 Å². The van der Waals surface area contributed by atoms with Gasteiger partial charge in [0.1, 0.15) is 17.4 Å². The summed E-state index contributed by atoms with van der Waals surface area (Å²) < 4.78 is 30.9. The predicted molar refractivity (Wildman–Crippen MR) is 142 cm³/mol. The van der Waals surface area contributed by atoms with Gasteiger partial charge in [-0.15, -0.1) is 0 Å². The fourth-order valence-corrected chi connectivity index (χ4v) is 3.09. The molecule has 1 heterocycles. The van der Waals surface area contributed by atoms with Crippen LogP contribution in [0.25, 0.3) is 10.9 Å². The smallest absolute Gasteiger partial charge is 0.128 e. The molecule has 0 fully saturated rings. The first kappa shape index (κ1) is 30.0. The third-order valence-electron chi connectivity index (χ3n) is 4.77. The van der Waals surface area contributed by atoms with Gasteiger partial charge in [-0.2, -0.15) is 0 Å². The molecule has 0 saturated carbocycles. The van der Waals surface area contributed by atoms with E-state index in [1.807, 2.05) is 38.1 Å². The van der Waals surface area contributed by atoms with Crippen LogP contribution in [0.4, 0.5) is 14.5 Å². The lowest BCUT2D eigenvalue weighted by Gasteiger charge is -2.11. The molecule has 1 aromatic heterocycles. The molecule has 7 heteroatoms. The first-order valence-electron chi connectivity index (χ1n) is 12.0. The van der Waals surface area contributed by atoms with Crippen LogP contribution in [0.3, 0.4) is 0 Å². The quantitative estimate of drug-likeness (QED) is 0.284. The Bertz CT molecular complexity index is 1020. The number of pyridine rings is 1. The number of aliphatic hydroxyl groups is 1. The summed E-state index contributed by atoms with van der Waals surface area (Å²) in [7, 11) is 1.63. The van der Waals surface area contributed by atoms with Crippen molar-refractivity contribution in [3.05, 3.63) is 78.1 Å². The Hall–Kier alpha value is -3.03. The van der Waals surface area contributed by atoms with Crippen LogP contribution in [0.1, 0.15) is 58.6 Å². The zero-order chi connectivity index (χ0) is 26.2. The molecule has 0 amide bonds. The molecule has 3 aromatic rings. The molecule has 1 atom stereocenters. The number of rotatable bonds is 9. The Balaban J connectivity index is 0.000000315. The number of halogens is 2. The predicted octanol–water partition coefficient (Wildman–Crippen LogP) is 6.99. The van der Waals surface area contributed by atoms with Gasteiger partial charge in [0.05, 0.1) is 18.7 Å². The summed E-state index contributed by atoms with van der Waals surface area (Å²) in [4.78, 5) is 4.27. The summed E-state index contributed by atoms with van der Waals surface area (Å²) in [5, 5.41) is 16.9. The lowest BCUT2D eigenvalue weighted by Crippen LogP contribution is -2.16. The first-order chi connectivity index (χ1) is 16.8. The Labute approximate surface area is 208 Å². The fourth-order valence-electron chi connectivity index (χ4n) is 3.09. The molecule has 0 aliphatic rings. The fraction of sp³-hybridized carbons (Fsp3) is 0.393. The van der Waals surface area contributed by atoms with E-state index in [1.165, 1.54) is 18.6 Å². The molecule has 3 rings (SSSR count). The minimum Gasteiger partial charge on any atom is -0.497 e. The molecule has 0 aliphatic carbocycles. The van der Waals surface area contributed by atoms with E-state index in [4.69, 9.17) is 4.74 Å². The van der Waals surface area contributed by atoms with E-state index in [9.17, 15) is 13.9 Å². The highest BCUT2D eigenvalue weighted by Gasteiger charge is 2.10. The van der Waals surface area contributed by atoms with Crippen LogP contribution in [0.5, 0.6) is 5.75 Å². The lowest BCUT2D eigenvalue weighted by molar-refractivity contribution is 0.175. The van der Waals surface area contributed by atoms with Crippen molar-refractivity contribution in [2.45, 2.75) is 53.1 Å². The number of nitrogens with one attached hydrogen (secondary N) is 2. The highest BCUT2D eigenvalue weighted by atomic mass is 19.1. The molecular formula is C28H39F2N3O2. The minimum absolute atomic E-state index is 0.388. The van der Waals surface area contributed by atoms with E-state index in [0.717, 1.165) is 47.1 Å². The summed E-state index contributed by atoms with van der Waals surface area (Å²) in [5.74, 6) is -0.408. The van der Waals surface area contributed by atoms with Crippen LogP contribution in [0.2, 0.25) is 0 Å². The van der Waals surface area contributed by atoms with Crippen LogP contribution in [0, 0.1) is 11.6 Å². The van der Waals surface area contributed by atoms with Crippen molar-refractivity contribution < 1.29 is 18.6 Å². The van der Waals surface area contributed by atoms with Crippen LogP contribution in [-0.4, -0.2) is 30.3 Å². The number of fused-ring (bicyclic) bond motifs is 1. The number of methoxy groups -OCH3 is 1. The summed E-state index contributed by atoms with van der Waals surface area (Å²) in [6, 6.07) is 10.9. The Morgan fingerprint density at radius 2 is 1.71 bits per heavy atom. The lowest BCUT2D eigenvalue weighted by atomic mass is 10.0. The highest BCUT2D eigenvalue weighted by Crippen LogP contribution is 2.27. The maximum Gasteiger partial charge on any atom is 0.128 e. The van der Waals surface area contributed by atoms with Gasteiger partial charge in [-0.1, -0.05) is 40.7 Å². The van der Waals surface area contributed by atoms with Crippen molar-refractivity contribution >= 4 is 16.6 Å². The Morgan fingerprint density at radius 3 is 2.29 bits per heavy atom. The Morgan fingerprint density at radius 1 is 1.06 bits per heavy atom. The number of anilines is 1. The van der Waals surface area contributed by atoms with Crippen molar-refractivity contribution in [1.29, 1.82) is 0 Å². The molecule has 2 aromatic carbocycles. The number of benzene rings is 2. The van der Waals surface area contributed by atoms with Crippen molar-refractivity contribution in [2.75, 3.05) is 25.5 Å². The van der Waals surface area contributed by atoms with Gasteiger partial charge in [0, 0.05) is 35.6 Å². The second-order valence-corrected chi connectivity index (χ2v) is 7.90. The maximum atomic E-state index is 12.9. The number of hydrogen-bond donors (Lipinski definition) is 3. The van der Waals surface area contributed by atoms with Gasteiger partial charge < -0.3 is 20.5 Å². The zero-order valence-electron chi connectivity index (χ0n) is 21.5. The van der Waals surface area contributed by atoms with Crippen LogP contribution < -0.4 is 15.4 Å². The third-order valence-corrected chi connectivity index (χ3v) is 4.77. The van der Waals surface area contributed by atoms with Crippen molar-refractivity contribution in [1.82, 2.24) is 10.3 Å². The van der Waals surface area contributed by atoms with Crippen LogP contribution >= 0.6 is 0 Å². The molecule has 35 heavy (non-hydrogen) atoms. The monoisotopic (exact) mass is 487 g/mol. The van der Waals surface area contributed by atoms with Crippen molar-refractivity contribution in [3.63, 3.8) is 0 Å². The standard InChI is InChI=1S/C13H15NO2.C12H16F2N2.C3H8/c1-3-13(15)10-6-7-14-12-5-4-9(16-2)8-11(10)12;1-3-15-5-4-9(2)16-12-7-10(13)6-11(14)8-12;1-3-2/h4-8,13,15H,3H2,1-2H3;6-8,15-16H,2-5H2,1H3;3H2,1-2H3. The maximum absolute atomic E-state index is 12.9. The van der Waals surface area contributed by atoms with Gasteiger partial charge in [-0.3, -0.25) is 4.98 Å². The summed E-state index contributed by atoms with van der Waals surface area (Å²) in [6.07, 6.45) is 3.93. The number of aromatic nitrogens is 1. The molecule has 1 unspecified atom stereocenters. The molecule has 0 spiro atoms. The zero-order valence-corrected chi connectivity index (χ0v) is 21.5. The SMILES string of the molecule is C=C(CCNCC)Nc1cc(F)cc(F)c1.CCC.CCC(O)c1ccnc2ccc(OC)cc12. The molecule has 0 saturated heterocycles.